The third-order valence-electron chi connectivity index (χ3n) is 7.94. The number of nitrogens with one attached hydrogen (secondary N) is 2. The van der Waals surface area contributed by atoms with Crippen LogP contribution < -0.4 is 10.6 Å². The van der Waals surface area contributed by atoms with E-state index >= 15 is 4.39 Å². The highest BCUT2D eigenvalue weighted by Crippen LogP contribution is 2.45. The summed E-state index contributed by atoms with van der Waals surface area (Å²) in [5, 5.41) is 5.61. The molecule has 0 radical (unpaired) electrons. The molecule has 0 atom stereocenters. The van der Waals surface area contributed by atoms with Gasteiger partial charge in [-0.05, 0) is 68.0 Å². The largest absolute Gasteiger partial charge is 0.337 e. The van der Waals surface area contributed by atoms with Gasteiger partial charge in [-0.1, -0.05) is 26.0 Å². The molecular formula is C33H37FN6O4S2. The van der Waals surface area contributed by atoms with Crippen LogP contribution in [-0.2, 0) is 36.7 Å². The molecule has 46 heavy (non-hydrogen) atoms. The summed E-state index contributed by atoms with van der Waals surface area (Å²) in [6, 6.07) is 7.99. The van der Waals surface area contributed by atoms with Gasteiger partial charge in [0.1, 0.15) is 22.4 Å². The Kier molecular flexibility index (Phi) is 9.47. The molecule has 0 fully saturated rings. The standard InChI is InChI=1S/C33H37FN6O4S2/c1-19(2)13-25-15-26(23-7-8-24(28(34)14-23)18-40-12-10-35-22(40)5)31(45-25)27-16-29(20(3)21(4)32(27)46(42,43)44)38-33(41)37-17-30-36-9-11-39(30)6/h7-12,14-16,19H,13,17-18H2,1-6H3,(H2,37,38,41)(H,42,43,44). The third kappa shape index (κ3) is 7.06. The second-order valence-corrected chi connectivity index (χ2v) is 14.2. The van der Waals surface area contributed by atoms with E-state index in [-0.39, 0.29) is 17.0 Å². The predicted molar refractivity (Wildman–Crippen MR) is 178 cm³/mol. The minimum atomic E-state index is -4.70. The van der Waals surface area contributed by atoms with Crippen molar-refractivity contribution in [1.29, 1.82) is 0 Å². The minimum absolute atomic E-state index is 0.179. The third-order valence-corrected chi connectivity index (χ3v) is 10.2. The molecule has 2 aromatic carbocycles. The maximum absolute atomic E-state index is 15.6. The number of aromatic nitrogens is 4. The van der Waals surface area contributed by atoms with Crippen molar-refractivity contribution in [2.75, 3.05) is 5.32 Å². The van der Waals surface area contributed by atoms with Crippen molar-refractivity contribution in [3.63, 3.8) is 0 Å². The zero-order valence-electron chi connectivity index (χ0n) is 26.6. The number of hydrogen-bond donors (Lipinski definition) is 3. The second-order valence-electron chi connectivity index (χ2n) is 11.7. The molecule has 3 N–H and O–H groups in total. The van der Waals surface area contributed by atoms with E-state index in [0.717, 1.165) is 10.7 Å². The smallest absolute Gasteiger partial charge is 0.319 e. The fraction of sp³-hybridized carbons (Fsp3) is 0.303. The van der Waals surface area contributed by atoms with Crippen LogP contribution >= 0.6 is 11.3 Å². The molecule has 0 bridgehead atoms. The lowest BCUT2D eigenvalue weighted by atomic mass is 9.96. The molecule has 0 unspecified atom stereocenters. The molecule has 242 valence electrons. The molecule has 3 aromatic heterocycles. The monoisotopic (exact) mass is 664 g/mol. The van der Waals surface area contributed by atoms with Gasteiger partial charge in [0.25, 0.3) is 10.1 Å². The van der Waals surface area contributed by atoms with Crippen molar-refractivity contribution in [1.82, 2.24) is 24.4 Å². The lowest BCUT2D eigenvalue weighted by Gasteiger charge is -2.18. The number of carbonyl (C=O) groups excluding carboxylic acids is 1. The molecule has 5 aromatic rings. The molecular weight excluding hydrogens is 628 g/mol. The van der Waals surface area contributed by atoms with Gasteiger partial charge in [0.05, 0.1) is 13.1 Å². The first kappa shape index (κ1) is 33.0. The zero-order chi connectivity index (χ0) is 33.3. The molecule has 0 saturated heterocycles. The highest BCUT2D eigenvalue weighted by atomic mass is 32.2. The number of nitrogens with zero attached hydrogens (tertiary/aromatic N) is 4. The second kappa shape index (κ2) is 13.2. The molecule has 10 nitrogen and oxygen atoms in total. The van der Waals surface area contributed by atoms with Crippen LogP contribution in [0.2, 0.25) is 0 Å². The van der Waals surface area contributed by atoms with Gasteiger partial charge in [-0.2, -0.15) is 8.42 Å². The van der Waals surface area contributed by atoms with Gasteiger partial charge in [0.15, 0.2) is 0 Å². The van der Waals surface area contributed by atoms with Crippen LogP contribution in [0.5, 0.6) is 0 Å². The number of hydrogen-bond acceptors (Lipinski definition) is 6. The van der Waals surface area contributed by atoms with Crippen molar-refractivity contribution >= 4 is 33.2 Å². The Morgan fingerprint density at radius 1 is 1.04 bits per heavy atom. The van der Waals surface area contributed by atoms with Crippen LogP contribution in [0, 0.1) is 32.5 Å². The first-order valence-corrected chi connectivity index (χ1v) is 17.0. The van der Waals surface area contributed by atoms with E-state index in [4.69, 9.17) is 0 Å². The summed E-state index contributed by atoms with van der Waals surface area (Å²) < 4.78 is 55.5. The normalized spacial score (nSPS) is 11.8. The fourth-order valence-corrected chi connectivity index (χ4v) is 7.83. The summed E-state index contributed by atoms with van der Waals surface area (Å²) in [4.78, 5) is 22.6. The topological polar surface area (TPSA) is 131 Å². The van der Waals surface area contributed by atoms with Gasteiger partial charge < -0.3 is 19.8 Å². The number of imidazole rings is 2. The van der Waals surface area contributed by atoms with E-state index in [9.17, 15) is 17.8 Å². The van der Waals surface area contributed by atoms with Crippen LogP contribution in [-0.4, -0.2) is 38.1 Å². The maximum atomic E-state index is 15.6. The van der Waals surface area contributed by atoms with Crippen molar-refractivity contribution in [3.05, 3.63) is 94.2 Å². The van der Waals surface area contributed by atoms with Crippen molar-refractivity contribution in [3.8, 4) is 21.6 Å². The lowest BCUT2D eigenvalue weighted by Crippen LogP contribution is -2.29. The summed E-state index contributed by atoms with van der Waals surface area (Å²) in [5.74, 6) is 1.32. The van der Waals surface area contributed by atoms with Gasteiger partial charge >= 0.3 is 6.03 Å². The van der Waals surface area contributed by atoms with Crippen LogP contribution in [0.15, 0.2) is 60.0 Å². The number of aryl methyl sites for hydroxylation is 2. The summed E-state index contributed by atoms with van der Waals surface area (Å²) in [7, 11) is -2.88. The number of thiophene rings is 1. The van der Waals surface area contributed by atoms with Gasteiger partial charge in [0.2, 0.25) is 0 Å². The lowest BCUT2D eigenvalue weighted by molar-refractivity contribution is 0.251. The van der Waals surface area contributed by atoms with Crippen LogP contribution in [0.1, 0.15) is 47.1 Å². The Hall–Kier alpha value is -4.33. The quantitative estimate of drug-likeness (QED) is 0.139. The minimum Gasteiger partial charge on any atom is -0.337 e. The molecule has 13 heteroatoms. The Labute approximate surface area is 272 Å². The van der Waals surface area contributed by atoms with E-state index in [1.54, 1.807) is 55.3 Å². The van der Waals surface area contributed by atoms with Gasteiger partial charge in [-0.3, -0.25) is 4.55 Å². The first-order chi connectivity index (χ1) is 21.7. The first-order valence-electron chi connectivity index (χ1n) is 14.7. The average molecular weight is 665 g/mol. The van der Waals surface area contributed by atoms with Crippen molar-refractivity contribution in [2.45, 2.75) is 59.0 Å². The van der Waals surface area contributed by atoms with Crippen molar-refractivity contribution in [2.24, 2.45) is 13.0 Å². The Balaban J connectivity index is 1.60. The Morgan fingerprint density at radius 2 is 1.78 bits per heavy atom. The van der Waals surface area contributed by atoms with Crippen LogP contribution in [0.3, 0.4) is 0 Å². The zero-order valence-corrected chi connectivity index (χ0v) is 28.2. The van der Waals surface area contributed by atoms with Crippen LogP contribution in [0.4, 0.5) is 14.9 Å². The molecule has 0 aliphatic rings. The van der Waals surface area contributed by atoms with Gasteiger partial charge in [-0.25, -0.2) is 19.2 Å². The number of carbonyl (C=O) groups is 1. The maximum Gasteiger partial charge on any atom is 0.319 e. The van der Waals surface area contributed by atoms with Crippen LogP contribution in [0.25, 0.3) is 21.6 Å². The Morgan fingerprint density at radius 3 is 2.39 bits per heavy atom. The number of urea groups is 1. The molecule has 2 amide bonds. The average Bonchev–Trinajstić information content (AvgIpc) is 3.70. The predicted octanol–water partition coefficient (Wildman–Crippen LogP) is 6.89. The van der Waals surface area contributed by atoms with Gasteiger partial charge in [-0.15, -0.1) is 11.3 Å². The van der Waals surface area contributed by atoms with Gasteiger partial charge in [0, 0.05) is 64.0 Å². The summed E-state index contributed by atoms with van der Waals surface area (Å²) >= 11 is 1.38. The summed E-state index contributed by atoms with van der Waals surface area (Å²) in [5.41, 5.74) is 3.04. The molecule has 3 heterocycles. The fourth-order valence-electron chi connectivity index (χ4n) is 5.37. The molecule has 0 saturated carbocycles. The van der Waals surface area contributed by atoms with E-state index in [1.807, 2.05) is 30.7 Å². The van der Waals surface area contributed by atoms with Crippen molar-refractivity contribution < 1.29 is 22.2 Å². The SMILES string of the molecule is Cc1c(NC(=O)NCc2nccn2C)cc(-c2sc(CC(C)C)cc2-c2ccc(Cn3ccnc3C)c(F)c2)c(S(=O)(=O)O)c1C. The van der Waals surface area contributed by atoms with E-state index in [2.05, 4.69) is 34.4 Å². The molecule has 0 aliphatic heterocycles. The van der Waals surface area contributed by atoms with E-state index in [0.29, 0.717) is 63.1 Å². The van der Waals surface area contributed by atoms with E-state index < -0.39 is 22.0 Å². The number of amides is 2. The number of anilines is 1. The highest BCUT2D eigenvalue weighted by molar-refractivity contribution is 7.86. The summed E-state index contributed by atoms with van der Waals surface area (Å²) in [6.07, 6.45) is 7.58. The Bertz CT molecular complexity index is 2030. The van der Waals surface area contributed by atoms with E-state index in [1.165, 1.54) is 17.4 Å². The summed E-state index contributed by atoms with van der Waals surface area (Å²) in [6.45, 7) is 9.77. The highest BCUT2D eigenvalue weighted by Gasteiger charge is 2.27. The number of benzene rings is 2. The molecule has 0 spiro atoms. The molecule has 0 aliphatic carbocycles. The molecule has 5 rings (SSSR count). The number of rotatable bonds is 10. The number of halogens is 1.